The second-order valence-corrected chi connectivity index (χ2v) is 6.50. The maximum Gasteiger partial charge on any atom is 0.134 e. The number of hydrogen-bond donors (Lipinski definition) is 2. The third kappa shape index (κ3) is 3.56. The maximum atomic E-state index is 6.02. The molecular formula is C20H22N4O. The third-order valence-corrected chi connectivity index (χ3v) is 4.60. The molecule has 1 fully saturated rings. The van der Waals surface area contributed by atoms with Gasteiger partial charge in [-0.15, -0.1) is 0 Å². The van der Waals surface area contributed by atoms with E-state index in [1.54, 1.807) is 0 Å². The van der Waals surface area contributed by atoms with E-state index in [0.717, 1.165) is 41.7 Å². The fourth-order valence-corrected chi connectivity index (χ4v) is 3.27. The summed E-state index contributed by atoms with van der Waals surface area (Å²) in [4.78, 5) is 4.41. The lowest BCUT2D eigenvalue weighted by Gasteiger charge is -2.31. The van der Waals surface area contributed by atoms with Crippen molar-refractivity contribution in [3.63, 3.8) is 0 Å². The lowest BCUT2D eigenvalue weighted by Crippen LogP contribution is -2.35. The van der Waals surface area contributed by atoms with Crippen molar-refractivity contribution >= 4 is 22.7 Å². The number of rotatable bonds is 4. The van der Waals surface area contributed by atoms with Crippen LogP contribution in [0.15, 0.2) is 48.8 Å². The minimum absolute atomic E-state index is 0.0460. The molecule has 1 aliphatic rings. The molecule has 0 saturated carbocycles. The van der Waals surface area contributed by atoms with Crippen molar-refractivity contribution in [2.75, 3.05) is 11.9 Å². The van der Waals surface area contributed by atoms with E-state index in [-0.39, 0.29) is 6.23 Å². The summed E-state index contributed by atoms with van der Waals surface area (Å²) in [7, 11) is 0. The average molecular weight is 334 g/mol. The number of pyridine rings is 1. The molecule has 1 aliphatic heterocycles. The summed E-state index contributed by atoms with van der Waals surface area (Å²) in [5.74, 6) is 0.304. The lowest BCUT2D eigenvalue weighted by molar-refractivity contribution is 0.00772. The largest absolute Gasteiger partial charge is 0.359 e. The third-order valence-electron chi connectivity index (χ3n) is 4.60. The molecule has 3 heterocycles. The number of nitrogens with zero attached hydrogens (tertiary/aromatic N) is 2. The number of benzene rings is 1. The van der Waals surface area contributed by atoms with Gasteiger partial charge < -0.3 is 10.1 Å². The second kappa shape index (κ2) is 7.07. The van der Waals surface area contributed by atoms with Crippen LogP contribution in [-0.4, -0.2) is 28.0 Å². The van der Waals surface area contributed by atoms with E-state index >= 15 is 0 Å². The molecule has 5 heteroatoms. The van der Waals surface area contributed by atoms with Gasteiger partial charge in [0.05, 0.1) is 17.4 Å². The summed E-state index contributed by atoms with van der Waals surface area (Å²) in [6.07, 6.45) is 10.1. The standard InChI is InChI=1S/C20H22N4O/c1-14-9-10-21-16(12-14)8-7-15-4-3-11-25-20(15)23-18-5-2-6-19-17(18)13-22-24-19/h2,5-10,12-13,15,20,23H,3-4,11H2,1H3,(H,22,24). The van der Waals surface area contributed by atoms with Gasteiger partial charge in [0, 0.05) is 29.8 Å². The van der Waals surface area contributed by atoms with E-state index in [1.807, 2.05) is 30.6 Å². The first kappa shape index (κ1) is 15.8. The smallest absolute Gasteiger partial charge is 0.134 e. The van der Waals surface area contributed by atoms with Crippen molar-refractivity contribution < 1.29 is 4.74 Å². The normalized spacial score (nSPS) is 21.0. The zero-order valence-electron chi connectivity index (χ0n) is 14.3. The highest BCUT2D eigenvalue weighted by molar-refractivity contribution is 5.90. The van der Waals surface area contributed by atoms with E-state index in [2.05, 4.69) is 51.7 Å². The number of fused-ring (bicyclic) bond motifs is 1. The molecule has 2 unspecified atom stereocenters. The Hall–Kier alpha value is -2.66. The quantitative estimate of drug-likeness (QED) is 0.752. The number of ether oxygens (including phenoxy) is 1. The van der Waals surface area contributed by atoms with Crippen molar-refractivity contribution in [3.8, 4) is 0 Å². The number of aryl methyl sites for hydroxylation is 1. The number of hydrogen-bond acceptors (Lipinski definition) is 4. The Morgan fingerprint density at radius 2 is 2.28 bits per heavy atom. The molecule has 0 amide bonds. The number of anilines is 1. The van der Waals surface area contributed by atoms with Crippen LogP contribution in [0.5, 0.6) is 0 Å². The summed E-state index contributed by atoms with van der Waals surface area (Å²) in [6, 6.07) is 10.2. The number of aromatic amines is 1. The van der Waals surface area contributed by atoms with Crippen molar-refractivity contribution in [1.29, 1.82) is 0 Å². The second-order valence-electron chi connectivity index (χ2n) is 6.50. The molecule has 3 aromatic rings. The number of nitrogens with one attached hydrogen (secondary N) is 2. The Kier molecular flexibility index (Phi) is 4.48. The van der Waals surface area contributed by atoms with E-state index in [0.29, 0.717) is 5.92 Å². The molecule has 4 rings (SSSR count). The minimum atomic E-state index is -0.0460. The summed E-state index contributed by atoms with van der Waals surface area (Å²) < 4.78 is 6.02. The Labute approximate surface area is 147 Å². The highest BCUT2D eigenvalue weighted by Gasteiger charge is 2.24. The zero-order chi connectivity index (χ0) is 17.1. The Balaban J connectivity index is 1.54. The molecular weight excluding hydrogens is 312 g/mol. The zero-order valence-corrected chi connectivity index (χ0v) is 14.3. The molecule has 128 valence electrons. The Morgan fingerprint density at radius 3 is 3.20 bits per heavy atom. The monoisotopic (exact) mass is 334 g/mol. The van der Waals surface area contributed by atoms with Gasteiger partial charge in [-0.05, 0) is 55.7 Å². The van der Waals surface area contributed by atoms with Gasteiger partial charge in [-0.2, -0.15) is 5.10 Å². The van der Waals surface area contributed by atoms with Crippen LogP contribution < -0.4 is 5.32 Å². The van der Waals surface area contributed by atoms with Crippen molar-refractivity contribution in [2.24, 2.45) is 5.92 Å². The summed E-state index contributed by atoms with van der Waals surface area (Å²) in [5.41, 5.74) is 4.28. The fourth-order valence-electron chi connectivity index (χ4n) is 3.27. The van der Waals surface area contributed by atoms with Crippen LogP contribution in [0.25, 0.3) is 17.0 Å². The van der Waals surface area contributed by atoms with Crippen LogP contribution in [0.3, 0.4) is 0 Å². The van der Waals surface area contributed by atoms with Gasteiger partial charge in [0.15, 0.2) is 0 Å². The van der Waals surface area contributed by atoms with Gasteiger partial charge in [0.25, 0.3) is 0 Å². The van der Waals surface area contributed by atoms with Gasteiger partial charge in [-0.1, -0.05) is 12.1 Å². The van der Waals surface area contributed by atoms with E-state index in [1.165, 1.54) is 5.56 Å². The first-order valence-corrected chi connectivity index (χ1v) is 8.71. The van der Waals surface area contributed by atoms with Crippen LogP contribution in [0.4, 0.5) is 5.69 Å². The average Bonchev–Trinajstić information content (AvgIpc) is 3.11. The van der Waals surface area contributed by atoms with E-state index < -0.39 is 0 Å². The highest BCUT2D eigenvalue weighted by atomic mass is 16.5. The van der Waals surface area contributed by atoms with Crippen LogP contribution in [-0.2, 0) is 4.74 Å². The number of H-pyrrole nitrogens is 1. The molecule has 0 bridgehead atoms. The first-order valence-electron chi connectivity index (χ1n) is 8.71. The Bertz CT molecular complexity index is 886. The van der Waals surface area contributed by atoms with Gasteiger partial charge in [0.1, 0.15) is 6.23 Å². The van der Waals surface area contributed by atoms with Crippen LogP contribution in [0.2, 0.25) is 0 Å². The molecule has 1 aromatic carbocycles. The predicted octanol–water partition coefficient (Wildman–Crippen LogP) is 4.14. The summed E-state index contributed by atoms with van der Waals surface area (Å²) in [6.45, 7) is 2.87. The molecule has 2 atom stereocenters. The van der Waals surface area contributed by atoms with Crippen LogP contribution >= 0.6 is 0 Å². The number of aromatic nitrogens is 3. The lowest BCUT2D eigenvalue weighted by atomic mass is 9.97. The van der Waals surface area contributed by atoms with Gasteiger partial charge in [0.2, 0.25) is 0 Å². The first-order chi connectivity index (χ1) is 12.3. The molecule has 2 aromatic heterocycles. The van der Waals surface area contributed by atoms with Crippen LogP contribution in [0.1, 0.15) is 24.1 Å². The Morgan fingerprint density at radius 1 is 1.32 bits per heavy atom. The van der Waals surface area contributed by atoms with Crippen molar-refractivity contribution in [2.45, 2.75) is 26.0 Å². The fraction of sp³-hybridized carbons (Fsp3) is 0.300. The van der Waals surface area contributed by atoms with E-state index in [4.69, 9.17) is 4.74 Å². The molecule has 5 nitrogen and oxygen atoms in total. The van der Waals surface area contributed by atoms with E-state index in [9.17, 15) is 0 Å². The van der Waals surface area contributed by atoms with Crippen LogP contribution in [0, 0.1) is 12.8 Å². The molecule has 0 spiro atoms. The van der Waals surface area contributed by atoms with Crippen molar-refractivity contribution in [1.82, 2.24) is 15.2 Å². The maximum absolute atomic E-state index is 6.02. The summed E-state index contributed by atoms with van der Waals surface area (Å²) in [5, 5.41) is 11.8. The van der Waals surface area contributed by atoms with Crippen molar-refractivity contribution in [3.05, 3.63) is 60.1 Å². The predicted molar refractivity (Wildman–Crippen MR) is 100 cm³/mol. The van der Waals surface area contributed by atoms with Gasteiger partial charge in [-0.25, -0.2) is 0 Å². The molecule has 0 aliphatic carbocycles. The summed E-state index contributed by atoms with van der Waals surface area (Å²) >= 11 is 0. The minimum Gasteiger partial charge on any atom is -0.359 e. The van der Waals surface area contributed by atoms with Gasteiger partial charge in [-0.3, -0.25) is 10.1 Å². The molecule has 2 N–H and O–H groups in total. The topological polar surface area (TPSA) is 62.8 Å². The highest BCUT2D eigenvalue weighted by Crippen LogP contribution is 2.28. The van der Waals surface area contributed by atoms with Gasteiger partial charge >= 0.3 is 0 Å². The molecule has 25 heavy (non-hydrogen) atoms. The molecule has 1 saturated heterocycles. The SMILES string of the molecule is Cc1ccnc(C=CC2CCCOC2Nc2cccc3[nH]ncc23)c1. The molecule has 0 radical (unpaired) electrons.